The lowest BCUT2D eigenvalue weighted by molar-refractivity contribution is -0.135. The first-order chi connectivity index (χ1) is 13.9. The largest absolute Gasteiger partial charge is 0.341 e. The number of amides is 3. The summed E-state index contributed by atoms with van der Waals surface area (Å²) in [6.07, 6.45) is 5.61. The van der Waals surface area contributed by atoms with E-state index in [9.17, 15) is 14.4 Å². The molecule has 0 spiro atoms. The summed E-state index contributed by atoms with van der Waals surface area (Å²) in [5.74, 6) is -0.564. The minimum Gasteiger partial charge on any atom is -0.341 e. The average molecular weight is 410 g/mol. The van der Waals surface area contributed by atoms with Crippen LogP contribution in [0.4, 0.5) is 4.79 Å². The second-order valence-corrected chi connectivity index (χ2v) is 8.44. The number of hydrogen-bond acceptors (Lipinski definition) is 4. The summed E-state index contributed by atoms with van der Waals surface area (Å²) in [7, 11) is 0. The van der Waals surface area contributed by atoms with Crippen LogP contribution in [0.3, 0.4) is 0 Å². The van der Waals surface area contributed by atoms with E-state index in [1.165, 1.54) is 5.56 Å². The molecule has 0 radical (unpaired) electrons. The van der Waals surface area contributed by atoms with Gasteiger partial charge in [0, 0.05) is 30.7 Å². The van der Waals surface area contributed by atoms with Gasteiger partial charge < -0.3 is 9.47 Å². The zero-order chi connectivity index (χ0) is 20.5. The molecule has 2 saturated heterocycles. The van der Waals surface area contributed by atoms with Crippen LogP contribution in [0.5, 0.6) is 0 Å². The van der Waals surface area contributed by atoms with Crippen molar-refractivity contribution < 1.29 is 14.4 Å². The number of aryl methyl sites for hydroxylation is 2. The first kappa shape index (κ1) is 19.5. The van der Waals surface area contributed by atoms with Gasteiger partial charge in [-0.25, -0.2) is 0 Å². The lowest BCUT2D eigenvalue weighted by atomic mass is 10.1. The molecule has 4 rings (SSSR count). The van der Waals surface area contributed by atoms with Crippen LogP contribution in [0.15, 0.2) is 41.4 Å². The molecular formula is C22H23N3O3S. The van der Waals surface area contributed by atoms with Gasteiger partial charge in [0.2, 0.25) is 5.91 Å². The third-order valence-corrected chi connectivity index (χ3v) is 6.20. The van der Waals surface area contributed by atoms with Crippen LogP contribution in [0, 0.1) is 13.8 Å². The smallest absolute Gasteiger partial charge is 0.294 e. The van der Waals surface area contributed by atoms with Crippen molar-refractivity contribution in [3.63, 3.8) is 0 Å². The van der Waals surface area contributed by atoms with E-state index < -0.39 is 11.1 Å². The summed E-state index contributed by atoms with van der Waals surface area (Å²) in [4.78, 5) is 40.6. The Bertz CT molecular complexity index is 1020. The molecular weight excluding hydrogens is 386 g/mol. The van der Waals surface area contributed by atoms with E-state index in [0.29, 0.717) is 18.0 Å². The predicted octanol–water partition coefficient (Wildman–Crippen LogP) is 3.75. The van der Waals surface area contributed by atoms with Crippen molar-refractivity contribution in [3.05, 3.63) is 58.3 Å². The molecule has 1 aromatic carbocycles. The maximum atomic E-state index is 12.8. The Labute approximate surface area is 174 Å². The van der Waals surface area contributed by atoms with Gasteiger partial charge >= 0.3 is 0 Å². The van der Waals surface area contributed by atoms with Crippen molar-refractivity contribution in [2.45, 2.75) is 26.7 Å². The Morgan fingerprint density at radius 2 is 1.90 bits per heavy atom. The molecule has 0 bridgehead atoms. The highest BCUT2D eigenvalue weighted by Gasteiger charge is 2.37. The Balaban J connectivity index is 1.57. The minimum atomic E-state index is -0.402. The van der Waals surface area contributed by atoms with E-state index in [-0.39, 0.29) is 12.5 Å². The number of carbonyl (C=O) groups excluding carboxylic acids is 3. The van der Waals surface area contributed by atoms with Crippen LogP contribution in [0.25, 0.3) is 11.8 Å². The quantitative estimate of drug-likeness (QED) is 0.722. The van der Waals surface area contributed by atoms with Gasteiger partial charge in [-0.15, -0.1) is 0 Å². The van der Waals surface area contributed by atoms with Gasteiger partial charge in [-0.05, 0) is 68.3 Å². The SMILES string of the molecule is Cc1ccc(-n2cccc2/C=C2/SC(=O)N(CC(=O)N3CCCC3)C2=O)c(C)c1. The number of aromatic nitrogens is 1. The fraction of sp³-hybridized carbons (Fsp3) is 0.318. The van der Waals surface area contributed by atoms with Crippen molar-refractivity contribution in [3.8, 4) is 5.69 Å². The number of carbonyl (C=O) groups is 3. The number of thioether (sulfide) groups is 1. The van der Waals surface area contributed by atoms with Crippen LogP contribution < -0.4 is 0 Å². The molecule has 1 aromatic heterocycles. The molecule has 2 aliphatic heterocycles. The molecule has 29 heavy (non-hydrogen) atoms. The lowest BCUT2D eigenvalue weighted by Crippen LogP contribution is -2.40. The average Bonchev–Trinajstić information content (AvgIpc) is 3.41. The topological polar surface area (TPSA) is 62.6 Å². The predicted molar refractivity (Wildman–Crippen MR) is 114 cm³/mol. The van der Waals surface area contributed by atoms with E-state index in [2.05, 4.69) is 6.07 Å². The molecule has 3 amide bonds. The first-order valence-electron chi connectivity index (χ1n) is 9.72. The fourth-order valence-electron chi connectivity index (χ4n) is 3.78. The summed E-state index contributed by atoms with van der Waals surface area (Å²) in [5.41, 5.74) is 4.15. The third-order valence-electron chi connectivity index (χ3n) is 5.30. The Morgan fingerprint density at radius 1 is 1.14 bits per heavy atom. The standard InChI is InChI=1S/C22H23N3O3S/c1-15-7-8-18(16(2)12-15)24-11-5-6-17(24)13-19-21(27)25(22(28)29-19)14-20(26)23-9-3-4-10-23/h5-8,11-13H,3-4,9-10,14H2,1-2H3/b19-13+. The van der Waals surface area contributed by atoms with Crippen molar-refractivity contribution >= 4 is 34.9 Å². The maximum Gasteiger partial charge on any atom is 0.294 e. The normalized spacial score (nSPS) is 18.3. The molecule has 6 nitrogen and oxygen atoms in total. The van der Waals surface area contributed by atoms with E-state index in [1.807, 2.05) is 48.9 Å². The second-order valence-electron chi connectivity index (χ2n) is 7.45. The van der Waals surface area contributed by atoms with Crippen molar-refractivity contribution in [1.82, 2.24) is 14.4 Å². The van der Waals surface area contributed by atoms with Gasteiger partial charge in [-0.1, -0.05) is 17.7 Å². The number of rotatable bonds is 4. The maximum absolute atomic E-state index is 12.8. The van der Waals surface area contributed by atoms with Crippen LogP contribution in [-0.4, -0.2) is 51.1 Å². The second kappa shape index (κ2) is 7.91. The van der Waals surface area contributed by atoms with E-state index >= 15 is 0 Å². The van der Waals surface area contributed by atoms with Gasteiger partial charge in [0.1, 0.15) is 6.54 Å². The zero-order valence-corrected chi connectivity index (χ0v) is 17.4. The fourth-order valence-corrected chi connectivity index (χ4v) is 4.60. The Morgan fingerprint density at radius 3 is 2.62 bits per heavy atom. The molecule has 0 saturated carbocycles. The Hall–Kier alpha value is -2.80. The monoisotopic (exact) mass is 409 g/mol. The summed E-state index contributed by atoms with van der Waals surface area (Å²) < 4.78 is 2.00. The van der Waals surface area contributed by atoms with Crippen LogP contribution in [0.1, 0.15) is 29.7 Å². The van der Waals surface area contributed by atoms with Crippen molar-refractivity contribution in [2.24, 2.45) is 0 Å². The molecule has 3 heterocycles. The van der Waals surface area contributed by atoms with E-state index in [0.717, 1.165) is 46.4 Å². The summed E-state index contributed by atoms with van der Waals surface area (Å²) >= 11 is 0.890. The van der Waals surface area contributed by atoms with Gasteiger partial charge in [0.25, 0.3) is 11.1 Å². The minimum absolute atomic E-state index is 0.162. The summed E-state index contributed by atoms with van der Waals surface area (Å²) in [6.45, 7) is 5.32. The highest BCUT2D eigenvalue weighted by atomic mass is 32.2. The number of hydrogen-bond donors (Lipinski definition) is 0. The number of likely N-dealkylation sites (tertiary alicyclic amines) is 1. The van der Waals surface area contributed by atoms with Gasteiger partial charge in [-0.3, -0.25) is 19.3 Å². The summed E-state index contributed by atoms with van der Waals surface area (Å²) in [6, 6.07) is 10.0. The lowest BCUT2D eigenvalue weighted by Gasteiger charge is -2.18. The highest BCUT2D eigenvalue weighted by molar-refractivity contribution is 8.18. The third kappa shape index (κ3) is 3.87. The van der Waals surface area contributed by atoms with Crippen molar-refractivity contribution in [2.75, 3.05) is 19.6 Å². The van der Waals surface area contributed by atoms with Gasteiger partial charge in [0.05, 0.1) is 4.91 Å². The number of benzene rings is 1. The molecule has 2 fully saturated rings. The zero-order valence-electron chi connectivity index (χ0n) is 16.6. The van der Waals surface area contributed by atoms with Crippen LogP contribution >= 0.6 is 11.8 Å². The van der Waals surface area contributed by atoms with E-state index in [4.69, 9.17) is 0 Å². The van der Waals surface area contributed by atoms with E-state index in [1.54, 1.807) is 11.0 Å². The molecule has 2 aliphatic rings. The van der Waals surface area contributed by atoms with Gasteiger partial charge in [-0.2, -0.15) is 0 Å². The first-order valence-corrected chi connectivity index (χ1v) is 10.5. The van der Waals surface area contributed by atoms with Crippen LogP contribution in [-0.2, 0) is 9.59 Å². The highest BCUT2D eigenvalue weighted by Crippen LogP contribution is 2.33. The molecule has 7 heteroatoms. The van der Waals surface area contributed by atoms with Gasteiger partial charge in [0.15, 0.2) is 0 Å². The molecule has 0 aliphatic carbocycles. The molecule has 2 aromatic rings. The molecule has 0 unspecified atom stereocenters. The molecule has 150 valence electrons. The molecule has 0 N–H and O–H groups in total. The van der Waals surface area contributed by atoms with Crippen molar-refractivity contribution in [1.29, 1.82) is 0 Å². The van der Waals surface area contributed by atoms with Crippen LogP contribution in [0.2, 0.25) is 0 Å². The Kier molecular flexibility index (Phi) is 5.32. The molecule has 0 atom stereocenters. The summed E-state index contributed by atoms with van der Waals surface area (Å²) in [5, 5.41) is -0.390. The number of nitrogens with zero attached hydrogens (tertiary/aromatic N) is 3. The number of imide groups is 1.